The van der Waals surface area contributed by atoms with Gasteiger partial charge in [0.25, 0.3) is 0 Å². The van der Waals surface area contributed by atoms with Crippen LogP contribution in [0.5, 0.6) is 0 Å². The third-order valence-corrected chi connectivity index (χ3v) is 0. The summed E-state index contributed by atoms with van der Waals surface area (Å²) in [6.07, 6.45) is 0. The van der Waals surface area contributed by atoms with Gasteiger partial charge in [0.1, 0.15) is 0 Å². The molecule has 0 N–H and O–H groups in total. The summed E-state index contributed by atoms with van der Waals surface area (Å²) < 4.78 is 0. The van der Waals surface area contributed by atoms with E-state index in [1.54, 1.807) is 0 Å². The van der Waals surface area contributed by atoms with E-state index in [9.17, 15) is 0 Å². The summed E-state index contributed by atoms with van der Waals surface area (Å²) in [5, 5.41) is 0. The molecule has 0 heterocycles. The molecule has 0 fully saturated rings. The van der Waals surface area contributed by atoms with Crippen molar-refractivity contribution in [3.8, 4) is 0 Å². The summed E-state index contributed by atoms with van der Waals surface area (Å²) in [5.74, 6) is 0. The van der Waals surface area contributed by atoms with Crippen molar-refractivity contribution < 1.29 is 23.5 Å². The van der Waals surface area contributed by atoms with Crippen LogP contribution in [-0.4, -0.2) is 55.1 Å². The maximum absolute atomic E-state index is 0. The van der Waals surface area contributed by atoms with E-state index < -0.39 is 0 Å². The van der Waals surface area contributed by atoms with Crippen LogP contribution in [0.25, 0.3) is 0 Å². The number of halogens is 5. The Labute approximate surface area is 78.0 Å². The van der Waals surface area contributed by atoms with E-state index in [1.165, 1.54) is 0 Å². The number of hydrogen-bond donors (Lipinski definition) is 0. The predicted molar refractivity (Wildman–Crippen MR) is 11.5 cm³/mol. The topological polar surface area (TPSA) is 0 Å². The second kappa shape index (κ2) is 148. The molecule has 0 rings (SSSR count). The molecular weight excluding hydrogens is 162 g/mol. The third kappa shape index (κ3) is 106. The Kier molecular flexibility index (Phi) is 4770. The minimum Gasteiger partial charge on any atom is -1.00 e. The summed E-state index contributed by atoms with van der Waals surface area (Å²) in [7, 11) is 0. The molecule has 0 aliphatic carbocycles. The normalized spacial score (nSPS) is 0. The molecule has 0 bridgehead atoms. The average molecular weight is 162 g/mol. The third-order valence-electron chi connectivity index (χ3n) is 0. The van der Waals surface area contributed by atoms with E-state index in [1.807, 2.05) is 0 Å². The Morgan fingerprint density at radius 3 is 0.429 bits per heavy atom. The Morgan fingerprint density at radius 1 is 0.429 bits per heavy atom. The summed E-state index contributed by atoms with van der Waals surface area (Å²) in [6.45, 7) is 0. The van der Waals surface area contributed by atoms with Gasteiger partial charge in [0.15, 0.2) is 0 Å². The van der Waals surface area contributed by atoms with Gasteiger partial charge in [-0.2, -0.15) is 0 Å². The van der Waals surface area contributed by atoms with Crippen molar-refractivity contribution in [2.45, 2.75) is 0 Å². The Morgan fingerprint density at radius 2 is 0.429 bits per heavy atom. The zero-order chi connectivity index (χ0) is 0. The minimum atomic E-state index is 0. The monoisotopic (exact) mass is 162 g/mol. The molecule has 0 amide bonds. The molecule has 0 aliphatic rings. The van der Waals surface area contributed by atoms with E-state index in [2.05, 4.69) is 0 Å². The molecule has 0 spiro atoms. The molecule has 40 valence electrons. The average Bonchev–Trinajstić information content (AvgIpc) is 0. The molecule has 0 radical (unpaired) electrons. The predicted octanol–water partition coefficient (Wildman–Crippen LogP) is -15.7. The summed E-state index contributed by atoms with van der Waals surface area (Å²) in [6, 6.07) is 0. The van der Waals surface area contributed by atoms with Gasteiger partial charge in [0.2, 0.25) is 0 Å². The van der Waals surface area contributed by atoms with Gasteiger partial charge < -0.3 is 23.5 Å². The summed E-state index contributed by atoms with van der Waals surface area (Å²) >= 11 is 0. The van der Waals surface area contributed by atoms with E-state index in [0.717, 1.165) is 0 Å². The molecule has 0 aromatic rings. The van der Waals surface area contributed by atoms with E-state index in [-0.39, 0.29) is 78.6 Å². The van der Waals surface area contributed by atoms with Crippen LogP contribution in [0.1, 0.15) is 0 Å². The smallest absolute Gasteiger partial charge is 1.00 e. The summed E-state index contributed by atoms with van der Waals surface area (Å²) in [4.78, 5) is 0. The standard InChI is InChI=1S/Al.Ca.5FH/h;;5*1H/q+3;+2;;;;;/p-5. The molecule has 0 saturated carbocycles. The zero-order valence-corrected chi connectivity index (χ0v) is 6.54. The van der Waals surface area contributed by atoms with Crippen molar-refractivity contribution in [2.75, 3.05) is 0 Å². The second-order valence-corrected chi connectivity index (χ2v) is 0. The molecule has 0 unspecified atom stereocenters. The van der Waals surface area contributed by atoms with Gasteiger partial charge in [-0.3, -0.25) is 0 Å². The van der Waals surface area contributed by atoms with Crippen molar-refractivity contribution in [3.63, 3.8) is 0 Å². The molecule has 0 atom stereocenters. The molecule has 0 nitrogen and oxygen atoms in total. The first-order valence-electron chi connectivity index (χ1n) is 0. The fourth-order valence-corrected chi connectivity index (χ4v) is 0. The molecule has 7 heteroatoms. The first kappa shape index (κ1) is 225. The fraction of sp³-hybridized carbons (Fsp3) is 0. The van der Waals surface area contributed by atoms with Crippen molar-refractivity contribution >= 4 is 55.1 Å². The van der Waals surface area contributed by atoms with Crippen LogP contribution < -0.4 is 23.5 Å². The van der Waals surface area contributed by atoms with Gasteiger partial charge in [-0.1, -0.05) is 0 Å². The van der Waals surface area contributed by atoms with Crippen LogP contribution in [0, 0.1) is 0 Å². The first-order valence-corrected chi connectivity index (χ1v) is 0. The van der Waals surface area contributed by atoms with Crippen molar-refractivity contribution in [1.82, 2.24) is 0 Å². The van der Waals surface area contributed by atoms with Crippen LogP contribution in [-0.2, 0) is 0 Å². The zero-order valence-electron chi connectivity index (χ0n) is 3.17. The van der Waals surface area contributed by atoms with Gasteiger partial charge >= 0.3 is 55.1 Å². The second-order valence-electron chi connectivity index (χ2n) is 0. The van der Waals surface area contributed by atoms with Crippen molar-refractivity contribution in [3.05, 3.63) is 0 Å². The van der Waals surface area contributed by atoms with Crippen LogP contribution in [0.4, 0.5) is 0 Å². The minimum absolute atomic E-state index is 0. The van der Waals surface area contributed by atoms with Gasteiger partial charge in [0, 0.05) is 0 Å². The Balaban J connectivity index is 0. The van der Waals surface area contributed by atoms with E-state index in [0.29, 0.717) is 0 Å². The van der Waals surface area contributed by atoms with Crippen LogP contribution in [0.15, 0.2) is 0 Å². The van der Waals surface area contributed by atoms with Crippen LogP contribution in [0.3, 0.4) is 0 Å². The van der Waals surface area contributed by atoms with Gasteiger partial charge in [-0.25, -0.2) is 0 Å². The molecule has 0 saturated heterocycles. The molecular formula is AlCaF5. The van der Waals surface area contributed by atoms with E-state index in [4.69, 9.17) is 0 Å². The van der Waals surface area contributed by atoms with Gasteiger partial charge in [-0.05, 0) is 0 Å². The largest absolute Gasteiger partial charge is 3.00 e. The molecule has 0 aromatic heterocycles. The van der Waals surface area contributed by atoms with Gasteiger partial charge in [0.05, 0.1) is 0 Å². The molecule has 0 aliphatic heterocycles. The number of hydrogen-bond acceptors (Lipinski definition) is 0. The van der Waals surface area contributed by atoms with Gasteiger partial charge in [-0.15, -0.1) is 0 Å². The van der Waals surface area contributed by atoms with Crippen molar-refractivity contribution in [1.29, 1.82) is 0 Å². The molecule has 7 heavy (non-hydrogen) atoms. The quantitative estimate of drug-likeness (QED) is 0.245. The molecule has 0 aromatic carbocycles. The van der Waals surface area contributed by atoms with Crippen molar-refractivity contribution in [2.24, 2.45) is 0 Å². The van der Waals surface area contributed by atoms with Crippen LogP contribution in [0.2, 0.25) is 0 Å². The first-order chi connectivity index (χ1) is 0. The number of rotatable bonds is 0. The maximum atomic E-state index is 0. The Hall–Kier alpha value is 1.44. The van der Waals surface area contributed by atoms with Crippen LogP contribution >= 0.6 is 0 Å². The fourth-order valence-electron chi connectivity index (χ4n) is 0. The maximum Gasteiger partial charge on any atom is 3.00 e. The Bertz CT molecular complexity index is 8.04. The summed E-state index contributed by atoms with van der Waals surface area (Å²) in [5.41, 5.74) is 0. The van der Waals surface area contributed by atoms with E-state index >= 15 is 0 Å². The SMILES string of the molecule is [Al+3].[Ca+2].[F-].[F-].[F-].[F-].[F-].